The number of aliphatic hydroxyl groups excluding tert-OH is 1. The molecule has 0 radical (unpaired) electrons. The lowest BCUT2D eigenvalue weighted by molar-refractivity contribution is 0.311. The Labute approximate surface area is 140 Å². The maximum Gasteiger partial charge on any atom is 0.138 e. The van der Waals surface area contributed by atoms with Gasteiger partial charge in [-0.3, -0.25) is 0 Å². The second-order valence-electron chi connectivity index (χ2n) is 5.36. The summed E-state index contributed by atoms with van der Waals surface area (Å²) in [5.41, 5.74) is 3.75. The number of fused-ring (bicyclic) bond motifs is 1. The number of thiophene rings is 1. The Morgan fingerprint density at radius 1 is 1.09 bits per heavy atom. The Balaban J connectivity index is 2.19. The molecule has 0 saturated heterocycles. The highest BCUT2D eigenvalue weighted by atomic mass is 32.1. The number of benzene rings is 1. The lowest BCUT2D eigenvalue weighted by Crippen LogP contribution is -2.07. The van der Waals surface area contributed by atoms with E-state index in [2.05, 4.69) is 53.4 Å². The summed E-state index contributed by atoms with van der Waals surface area (Å²) in [5, 5.41) is 13.4. The minimum Gasteiger partial charge on any atom is -0.395 e. The van der Waals surface area contributed by atoms with E-state index in [9.17, 15) is 0 Å². The molecule has 1 aromatic carbocycles. The van der Waals surface area contributed by atoms with Gasteiger partial charge < -0.3 is 10.4 Å². The lowest BCUT2D eigenvalue weighted by Gasteiger charge is -2.09. The summed E-state index contributed by atoms with van der Waals surface area (Å²) in [6, 6.07) is 8.73. The molecule has 0 aliphatic rings. The fourth-order valence-electron chi connectivity index (χ4n) is 2.75. The average Bonchev–Trinajstić information content (AvgIpc) is 2.99. The van der Waals surface area contributed by atoms with Gasteiger partial charge >= 0.3 is 0 Å². The van der Waals surface area contributed by atoms with Crippen LogP contribution in [0.25, 0.3) is 21.3 Å². The van der Waals surface area contributed by atoms with Gasteiger partial charge in [0, 0.05) is 17.0 Å². The number of aromatic nitrogens is 2. The topological polar surface area (TPSA) is 58.0 Å². The molecule has 0 aliphatic heterocycles. The molecule has 0 saturated carbocycles. The predicted molar refractivity (Wildman–Crippen MR) is 97.2 cm³/mol. The minimum absolute atomic E-state index is 0.0802. The quantitative estimate of drug-likeness (QED) is 0.721. The molecule has 0 spiro atoms. The largest absolute Gasteiger partial charge is 0.395 e. The van der Waals surface area contributed by atoms with Crippen molar-refractivity contribution in [1.29, 1.82) is 0 Å². The molecule has 23 heavy (non-hydrogen) atoms. The van der Waals surface area contributed by atoms with Crippen molar-refractivity contribution >= 4 is 27.4 Å². The second-order valence-corrected chi connectivity index (χ2v) is 6.44. The first kappa shape index (κ1) is 15.9. The first-order valence-corrected chi connectivity index (χ1v) is 8.80. The van der Waals surface area contributed by atoms with Gasteiger partial charge in [-0.05, 0) is 24.0 Å². The first-order chi connectivity index (χ1) is 11.3. The number of hydrogen-bond acceptors (Lipinski definition) is 5. The van der Waals surface area contributed by atoms with E-state index >= 15 is 0 Å². The molecule has 0 aliphatic carbocycles. The standard InChI is InChI=1S/C18H21N3OS/c1-3-12-5-7-13(8-6-12)15-14(4-2)23-18-16(15)17(19-9-10-22)20-11-21-18/h5-8,11,22H,3-4,9-10H2,1-2H3,(H,19,20,21). The Morgan fingerprint density at radius 2 is 1.87 bits per heavy atom. The molecule has 2 N–H and O–H groups in total. The van der Waals surface area contributed by atoms with E-state index in [1.165, 1.54) is 21.6 Å². The number of anilines is 1. The lowest BCUT2D eigenvalue weighted by atomic mass is 10.00. The molecule has 3 aromatic rings. The predicted octanol–water partition coefficient (Wildman–Crippen LogP) is 3.89. The van der Waals surface area contributed by atoms with Gasteiger partial charge in [-0.2, -0.15) is 0 Å². The fraction of sp³-hybridized carbons (Fsp3) is 0.333. The van der Waals surface area contributed by atoms with Gasteiger partial charge in [-0.15, -0.1) is 11.3 Å². The molecule has 0 unspecified atom stereocenters. The van der Waals surface area contributed by atoms with Crippen LogP contribution in [-0.2, 0) is 12.8 Å². The van der Waals surface area contributed by atoms with Crippen LogP contribution in [0.2, 0.25) is 0 Å². The smallest absolute Gasteiger partial charge is 0.138 e. The van der Waals surface area contributed by atoms with E-state index < -0.39 is 0 Å². The number of nitrogens with zero attached hydrogens (tertiary/aromatic N) is 2. The summed E-state index contributed by atoms with van der Waals surface area (Å²) in [6.07, 6.45) is 3.59. The summed E-state index contributed by atoms with van der Waals surface area (Å²) in [4.78, 5) is 11.1. The van der Waals surface area contributed by atoms with Crippen molar-refractivity contribution in [3.05, 3.63) is 41.0 Å². The SMILES string of the molecule is CCc1ccc(-c2c(CC)sc3ncnc(NCCO)c23)cc1. The third-order valence-corrected chi connectivity index (χ3v) is 5.18. The summed E-state index contributed by atoms with van der Waals surface area (Å²) in [5.74, 6) is 0.801. The average molecular weight is 327 g/mol. The van der Waals surface area contributed by atoms with Crippen molar-refractivity contribution < 1.29 is 5.11 Å². The van der Waals surface area contributed by atoms with E-state index in [-0.39, 0.29) is 6.61 Å². The molecule has 0 atom stereocenters. The van der Waals surface area contributed by atoms with Crippen LogP contribution in [0.5, 0.6) is 0 Å². The van der Waals surface area contributed by atoms with E-state index in [1.807, 2.05) is 0 Å². The molecule has 120 valence electrons. The molecular formula is C18H21N3OS. The van der Waals surface area contributed by atoms with Crippen LogP contribution < -0.4 is 5.32 Å². The van der Waals surface area contributed by atoms with Crippen LogP contribution in [-0.4, -0.2) is 28.2 Å². The highest BCUT2D eigenvalue weighted by Crippen LogP contribution is 2.41. The minimum atomic E-state index is 0.0802. The summed E-state index contributed by atoms with van der Waals surface area (Å²) < 4.78 is 0. The zero-order chi connectivity index (χ0) is 16.2. The Kier molecular flexibility index (Phi) is 4.88. The van der Waals surface area contributed by atoms with Gasteiger partial charge in [0.2, 0.25) is 0 Å². The second kappa shape index (κ2) is 7.06. The molecule has 2 aromatic heterocycles. The van der Waals surface area contributed by atoms with Crippen LogP contribution >= 0.6 is 11.3 Å². The monoisotopic (exact) mass is 327 g/mol. The van der Waals surface area contributed by atoms with Gasteiger partial charge in [0.15, 0.2) is 0 Å². The molecule has 4 nitrogen and oxygen atoms in total. The van der Waals surface area contributed by atoms with Crippen molar-refractivity contribution in [2.75, 3.05) is 18.5 Å². The molecule has 2 heterocycles. The zero-order valence-electron chi connectivity index (χ0n) is 13.5. The number of aliphatic hydroxyl groups is 1. The van der Waals surface area contributed by atoms with Crippen molar-refractivity contribution in [2.24, 2.45) is 0 Å². The molecule has 0 bridgehead atoms. The van der Waals surface area contributed by atoms with Gasteiger partial charge in [0.25, 0.3) is 0 Å². The number of nitrogens with one attached hydrogen (secondary N) is 1. The number of aryl methyl sites for hydroxylation is 2. The van der Waals surface area contributed by atoms with Crippen molar-refractivity contribution in [1.82, 2.24) is 9.97 Å². The highest BCUT2D eigenvalue weighted by molar-refractivity contribution is 7.19. The summed E-state index contributed by atoms with van der Waals surface area (Å²) in [7, 11) is 0. The van der Waals surface area contributed by atoms with Gasteiger partial charge in [-0.25, -0.2) is 9.97 Å². The third-order valence-electron chi connectivity index (χ3n) is 3.94. The summed E-state index contributed by atoms with van der Waals surface area (Å²) in [6.45, 7) is 4.90. The molecular weight excluding hydrogens is 306 g/mol. The van der Waals surface area contributed by atoms with E-state index in [0.29, 0.717) is 6.54 Å². The van der Waals surface area contributed by atoms with Crippen LogP contribution in [0, 0.1) is 0 Å². The zero-order valence-corrected chi connectivity index (χ0v) is 14.3. The molecule has 0 fully saturated rings. The molecule has 3 rings (SSSR count). The van der Waals surface area contributed by atoms with Crippen LogP contribution in [0.15, 0.2) is 30.6 Å². The van der Waals surface area contributed by atoms with Gasteiger partial charge in [0.05, 0.1) is 12.0 Å². The van der Waals surface area contributed by atoms with Crippen LogP contribution in [0.3, 0.4) is 0 Å². The van der Waals surface area contributed by atoms with Crippen LogP contribution in [0.4, 0.5) is 5.82 Å². The summed E-state index contributed by atoms with van der Waals surface area (Å²) >= 11 is 1.72. The third kappa shape index (κ3) is 3.07. The van der Waals surface area contributed by atoms with Gasteiger partial charge in [0.1, 0.15) is 17.0 Å². The first-order valence-electron chi connectivity index (χ1n) is 7.98. The number of hydrogen-bond donors (Lipinski definition) is 2. The Morgan fingerprint density at radius 3 is 2.52 bits per heavy atom. The fourth-order valence-corrected chi connectivity index (χ4v) is 3.85. The van der Waals surface area contributed by atoms with E-state index in [4.69, 9.17) is 5.11 Å². The maximum atomic E-state index is 9.09. The van der Waals surface area contributed by atoms with Crippen molar-refractivity contribution in [2.45, 2.75) is 26.7 Å². The maximum absolute atomic E-state index is 9.09. The van der Waals surface area contributed by atoms with Crippen molar-refractivity contribution in [3.63, 3.8) is 0 Å². The van der Waals surface area contributed by atoms with Gasteiger partial charge in [-0.1, -0.05) is 38.1 Å². The highest BCUT2D eigenvalue weighted by Gasteiger charge is 2.17. The normalized spacial score (nSPS) is 11.1. The van der Waals surface area contributed by atoms with Crippen LogP contribution in [0.1, 0.15) is 24.3 Å². The van der Waals surface area contributed by atoms with Crippen molar-refractivity contribution in [3.8, 4) is 11.1 Å². The Hall–Kier alpha value is -1.98. The van der Waals surface area contributed by atoms with E-state index in [1.54, 1.807) is 17.7 Å². The molecule has 5 heteroatoms. The Bertz CT molecular complexity index is 796. The molecule has 0 amide bonds. The van der Waals surface area contributed by atoms with E-state index in [0.717, 1.165) is 28.9 Å². The number of rotatable bonds is 6.